The Hall–Kier alpha value is -4.13. The average molecular weight is 497 g/mol. The molecule has 0 spiro atoms. The van der Waals surface area contributed by atoms with Gasteiger partial charge in [0.1, 0.15) is 5.75 Å². The average Bonchev–Trinajstić information content (AvgIpc) is 2.94. The molecule has 0 radical (unpaired) electrons. The molecule has 3 aromatic carbocycles. The molecule has 1 amide bonds. The Morgan fingerprint density at radius 1 is 1.05 bits per heavy atom. The number of amides is 1. The number of ether oxygens (including phenoxy) is 1. The molecule has 0 unspecified atom stereocenters. The largest absolute Gasteiger partial charge is 0.496 e. The van der Waals surface area contributed by atoms with Crippen molar-refractivity contribution in [1.82, 2.24) is 14.9 Å². The van der Waals surface area contributed by atoms with E-state index in [-0.39, 0.29) is 17.4 Å². The second-order valence-electron chi connectivity index (χ2n) is 9.62. The molecule has 1 saturated heterocycles. The number of hydrogen-bond acceptors (Lipinski definition) is 5. The number of fused-ring (bicyclic) bond motifs is 1. The highest BCUT2D eigenvalue weighted by atomic mass is 16.5. The summed E-state index contributed by atoms with van der Waals surface area (Å²) in [5.41, 5.74) is 4.62. The topological polar surface area (TPSA) is 76.5 Å². The van der Waals surface area contributed by atoms with Crippen molar-refractivity contribution in [1.29, 1.82) is 0 Å². The minimum Gasteiger partial charge on any atom is -0.496 e. The number of para-hydroxylation sites is 3. The van der Waals surface area contributed by atoms with Gasteiger partial charge in [-0.1, -0.05) is 60.2 Å². The molecule has 7 heteroatoms. The van der Waals surface area contributed by atoms with Crippen LogP contribution < -0.4 is 20.5 Å². The zero-order valence-corrected chi connectivity index (χ0v) is 21.3. The summed E-state index contributed by atoms with van der Waals surface area (Å²) in [4.78, 5) is 33.6. The van der Waals surface area contributed by atoms with Gasteiger partial charge in [0.25, 0.3) is 5.56 Å². The molecule has 0 aliphatic carbocycles. The predicted octanol–water partition coefficient (Wildman–Crippen LogP) is 4.29. The second kappa shape index (κ2) is 10.9. The summed E-state index contributed by atoms with van der Waals surface area (Å²) in [5, 5.41) is 3.06. The molecule has 5 rings (SSSR count). The van der Waals surface area contributed by atoms with E-state index in [4.69, 9.17) is 9.72 Å². The third kappa shape index (κ3) is 5.35. The van der Waals surface area contributed by atoms with Crippen LogP contribution in [0.15, 0.2) is 77.6 Å². The lowest BCUT2D eigenvalue weighted by atomic mass is 9.97. The molecular weight excluding hydrogens is 464 g/mol. The molecule has 1 fully saturated rings. The van der Waals surface area contributed by atoms with Crippen molar-refractivity contribution >= 4 is 22.8 Å². The third-order valence-electron chi connectivity index (χ3n) is 7.03. The highest BCUT2D eigenvalue weighted by Crippen LogP contribution is 2.23. The van der Waals surface area contributed by atoms with Crippen molar-refractivity contribution in [3.63, 3.8) is 0 Å². The van der Waals surface area contributed by atoms with Crippen LogP contribution in [0.3, 0.4) is 0 Å². The summed E-state index contributed by atoms with van der Waals surface area (Å²) in [6.07, 6.45) is 1.60. The van der Waals surface area contributed by atoms with Crippen LogP contribution in [-0.4, -0.2) is 35.7 Å². The Balaban J connectivity index is 1.38. The van der Waals surface area contributed by atoms with Gasteiger partial charge in [-0.25, -0.2) is 4.98 Å². The summed E-state index contributed by atoms with van der Waals surface area (Å²) in [6.45, 7) is 4.07. The maximum Gasteiger partial charge on any atom is 0.294 e. The fourth-order valence-corrected chi connectivity index (χ4v) is 4.98. The van der Waals surface area contributed by atoms with Gasteiger partial charge in [0, 0.05) is 25.2 Å². The number of piperidine rings is 1. The summed E-state index contributed by atoms with van der Waals surface area (Å²) in [6, 6.07) is 23.6. The van der Waals surface area contributed by atoms with Crippen LogP contribution in [0.25, 0.3) is 11.0 Å². The van der Waals surface area contributed by atoms with E-state index in [2.05, 4.69) is 36.5 Å². The highest BCUT2D eigenvalue weighted by molar-refractivity contribution is 5.80. The minimum atomic E-state index is -0.221. The maximum atomic E-state index is 13.8. The molecule has 37 heavy (non-hydrogen) atoms. The van der Waals surface area contributed by atoms with E-state index in [0.29, 0.717) is 32.0 Å². The van der Waals surface area contributed by atoms with Crippen LogP contribution >= 0.6 is 0 Å². The number of aromatic nitrogens is 2. The Kier molecular flexibility index (Phi) is 7.21. The monoisotopic (exact) mass is 496 g/mol. The molecule has 1 N–H and O–H groups in total. The van der Waals surface area contributed by atoms with Gasteiger partial charge in [-0.2, -0.15) is 0 Å². The van der Waals surface area contributed by atoms with Crippen LogP contribution in [-0.2, 0) is 17.9 Å². The van der Waals surface area contributed by atoms with Crippen molar-refractivity contribution in [2.24, 2.45) is 5.92 Å². The number of carbonyl (C=O) groups is 1. The first-order chi connectivity index (χ1) is 18.0. The second-order valence-corrected chi connectivity index (χ2v) is 9.62. The third-order valence-corrected chi connectivity index (χ3v) is 7.03. The molecule has 4 aromatic rings. The Bertz CT molecular complexity index is 1460. The van der Waals surface area contributed by atoms with Gasteiger partial charge in [0.15, 0.2) is 5.82 Å². The number of nitrogens with zero attached hydrogens (tertiary/aromatic N) is 3. The van der Waals surface area contributed by atoms with Crippen molar-refractivity contribution < 1.29 is 9.53 Å². The van der Waals surface area contributed by atoms with Crippen LogP contribution in [0.4, 0.5) is 5.82 Å². The number of anilines is 1. The van der Waals surface area contributed by atoms with Crippen molar-refractivity contribution in [2.75, 3.05) is 25.1 Å². The first kappa shape index (κ1) is 24.6. The zero-order chi connectivity index (χ0) is 25.8. The van der Waals surface area contributed by atoms with E-state index in [1.165, 1.54) is 5.56 Å². The van der Waals surface area contributed by atoms with Crippen molar-refractivity contribution in [3.8, 4) is 5.75 Å². The quantitative estimate of drug-likeness (QED) is 0.413. The number of rotatable bonds is 7. The van der Waals surface area contributed by atoms with Gasteiger partial charge < -0.3 is 15.0 Å². The molecule has 1 atom stereocenters. The SMILES string of the molecule is COc1ccccc1CNC(=O)[C@H]1CCCN(c2nc3ccccc3n(Cc3ccc(C)cc3)c2=O)C1. The molecule has 0 saturated carbocycles. The number of benzene rings is 3. The lowest BCUT2D eigenvalue weighted by molar-refractivity contribution is -0.125. The smallest absolute Gasteiger partial charge is 0.294 e. The minimum absolute atomic E-state index is 0.0172. The molecular formula is C30H32N4O3. The summed E-state index contributed by atoms with van der Waals surface area (Å²) in [5.74, 6) is 0.925. The molecule has 7 nitrogen and oxygen atoms in total. The van der Waals surface area contributed by atoms with E-state index in [1.807, 2.05) is 53.4 Å². The van der Waals surface area contributed by atoms with Crippen LogP contribution in [0.2, 0.25) is 0 Å². The fraction of sp³-hybridized carbons (Fsp3) is 0.300. The molecule has 190 valence electrons. The number of methoxy groups -OCH3 is 1. The Labute approximate surface area is 216 Å². The fourth-order valence-electron chi connectivity index (χ4n) is 4.98. The summed E-state index contributed by atoms with van der Waals surface area (Å²) >= 11 is 0. The number of hydrogen-bond donors (Lipinski definition) is 1. The number of nitrogens with one attached hydrogen (secondary N) is 1. The van der Waals surface area contributed by atoms with Gasteiger partial charge in [-0.05, 0) is 43.5 Å². The first-order valence-corrected chi connectivity index (χ1v) is 12.7. The lowest BCUT2D eigenvalue weighted by Crippen LogP contribution is -2.45. The van der Waals surface area contributed by atoms with Gasteiger partial charge in [-0.15, -0.1) is 0 Å². The Morgan fingerprint density at radius 2 is 1.81 bits per heavy atom. The molecule has 0 bridgehead atoms. The number of aryl methyl sites for hydroxylation is 1. The molecule has 1 aromatic heterocycles. The van der Waals surface area contributed by atoms with Gasteiger partial charge in [-0.3, -0.25) is 14.2 Å². The lowest BCUT2D eigenvalue weighted by Gasteiger charge is -2.33. The van der Waals surface area contributed by atoms with E-state index in [9.17, 15) is 9.59 Å². The van der Waals surface area contributed by atoms with E-state index >= 15 is 0 Å². The number of carbonyl (C=O) groups excluding carboxylic acids is 1. The van der Waals surface area contributed by atoms with E-state index in [0.717, 1.165) is 40.8 Å². The standard InChI is InChI=1S/C30H32N4O3/c1-21-13-15-22(16-14-21)19-34-26-11-5-4-10-25(26)32-28(30(34)36)33-17-7-9-24(20-33)29(35)31-18-23-8-3-6-12-27(23)37-2/h3-6,8,10-16,24H,7,9,17-20H2,1-2H3,(H,31,35)/t24-/m0/s1. The predicted molar refractivity (Wildman–Crippen MR) is 146 cm³/mol. The Morgan fingerprint density at radius 3 is 2.62 bits per heavy atom. The van der Waals surface area contributed by atoms with Gasteiger partial charge in [0.05, 0.1) is 30.6 Å². The van der Waals surface area contributed by atoms with Crippen molar-refractivity contribution in [3.05, 3.63) is 99.8 Å². The first-order valence-electron chi connectivity index (χ1n) is 12.7. The van der Waals surface area contributed by atoms with Crippen LogP contribution in [0.1, 0.15) is 29.5 Å². The van der Waals surface area contributed by atoms with Gasteiger partial charge in [0.2, 0.25) is 5.91 Å². The van der Waals surface area contributed by atoms with E-state index in [1.54, 1.807) is 11.7 Å². The van der Waals surface area contributed by atoms with Gasteiger partial charge >= 0.3 is 0 Å². The normalized spacial score (nSPS) is 15.5. The maximum absolute atomic E-state index is 13.8. The highest BCUT2D eigenvalue weighted by Gasteiger charge is 2.28. The van der Waals surface area contributed by atoms with Crippen molar-refractivity contribution in [2.45, 2.75) is 32.9 Å². The van der Waals surface area contributed by atoms with Crippen LogP contribution in [0, 0.1) is 12.8 Å². The van der Waals surface area contributed by atoms with E-state index < -0.39 is 0 Å². The molecule has 1 aliphatic rings. The molecule has 1 aliphatic heterocycles. The molecule has 2 heterocycles. The summed E-state index contributed by atoms with van der Waals surface area (Å²) < 4.78 is 7.20. The summed E-state index contributed by atoms with van der Waals surface area (Å²) in [7, 11) is 1.63. The van der Waals surface area contributed by atoms with Crippen LogP contribution in [0.5, 0.6) is 5.75 Å². The zero-order valence-electron chi connectivity index (χ0n) is 21.3.